The lowest BCUT2D eigenvalue weighted by molar-refractivity contribution is -0.325. The van der Waals surface area contributed by atoms with E-state index in [0.29, 0.717) is 24.3 Å². The first-order valence-electron chi connectivity index (χ1n) is 12.4. The predicted molar refractivity (Wildman–Crippen MR) is 137 cm³/mol. The standard InChI is InChI=1S/C25H26F4N8O3/c1-13-10-36(11-14(2)31-13)20-5-4-17(21-18(20)9-30-24(34-21)39-6-7-40-25(27,28)29)23(38)33-16-8-19(26)22-32-15(3)35-37(22)12-16/h4-5,8-9,12-14,31H,6-7,10-11H2,1-3H3,(H,33,38)/t13-,14-/m0/s1. The van der Waals surface area contributed by atoms with E-state index in [9.17, 15) is 22.4 Å². The number of hydrogen-bond acceptors (Lipinski definition) is 9. The van der Waals surface area contributed by atoms with Gasteiger partial charge in [0.15, 0.2) is 11.5 Å². The summed E-state index contributed by atoms with van der Waals surface area (Å²) in [5, 5.41) is 10.7. The minimum atomic E-state index is -4.79. The molecular formula is C25H26F4N8O3. The number of piperazine rings is 1. The van der Waals surface area contributed by atoms with Gasteiger partial charge < -0.3 is 20.3 Å². The molecule has 40 heavy (non-hydrogen) atoms. The zero-order valence-electron chi connectivity index (χ0n) is 21.8. The second-order valence-electron chi connectivity index (χ2n) is 9.52. The van der Waals surface area contributed by atoms with Gasteiger partial charge >= 0.3 is 12.4 Å². The van der Waals surface area contributed by atoms with E-state index in [-0.39, 0.29) is 40.5 Å². The van der Waals surface area contributed by atoms with Gasteiger partial charge in [-0.3, -0.25) is 9.53 Å². The summed E-state index contributed by atoms with van der Waals surface area (Å²) in [6, 6.07) is 4.67. The quantitative estimate of drug-likeness (QED) is 0.258. The number of amides is 1. The molecule has 212 valence electrons. The highest BCUT2D eigenvalue weighted by molar-refractivity contribution is 6.13. The number of nitrogens with zero attached hydrogens (tertiary/aromatic N) is 6. The molecule has 0 unspecified atom stereocenters. The van der Waals surface area contributed by atoms with Crippen LogP contribution >= 0.6 is 0 Å². The molecule has 2 atom stereocenters. The Bertz CT molecular complexity index is 1550. The Hall–Kier alpha value is -4.11. The molecule has 4 heterocycles. The third-order valence-electron chi connectivity index (χ3n) is 6.18. The van der Waals surface area contributed by atoms with Crippen LogP contribution in [0.2, 0.25) is 0 Å². The molecule has 0 spiro atoms. The predicted octanol–water partition coefficient (Wildman–Crippen LogP) is 3.47. The topological polar surface area (TPSA) is 119 Å². The van der Waals surface area contributed by atoms with E-state index in [4.69, 9.17) is 4.74 Å². The summed E-state index contributed by atoms with van der Waals surface area (Å²) < 4.78 is 61.7. The van der Waals surface area contributed by atoms with Crippen molar-refractivity contribution < 1.29 is 31.8 Å². The molecule has 15 heteroatoms. The van der Waals surface area contributed by atoms with E-state index in [1.165, 1.54) is 16.9 Å². The molecule has 0 saturated carbocycles. The Labute approximate surface area is 225 Å². The summed E-state index contributed by atoms with van der Waals surface area (Å²) in [5.41, 5.74) is 1.28. The molecule has 4 aromatic rings. The minimum Gasteiger partial charge on any atom is -0.461 e. The molecule has 1 fully saturated rings. The molecule has 1 amide bonds. The maximum atomic E-state index is 14.6. The van der Waals surface area contributed by atoms with E-state index in [1.807, 2.05) is 0 Å². The van der Waals surface area contributed by atoms with Crippen molar-refractivity contribution in [3.63, 3.8) is 0 Å². The van der Waals surface area contributed by atoms with Gasteiger partial charge in [0.1, 0.15) is 12.4 Å². The zero-order valence-corrected chi connectivity index (χ0v) is 21.8. The van der Waals surface area contributed by atoms with Gasteiger partial charge in [-0.2, -0.15) is 10.1 Å². The number of aryl methyl sites for hydroxylation is 1. The highest BCUT2D eigenvalue weighted by Crippen LogP contribution is 2.31. The van der Waals surface area contributed by atoms with Gasteiger partial charge in [0, 0.05) is 48.5 Å². The fraction of sp³-hybridized carbons (Fsp3) is 0.400. The summed E-state index contributed by atoms with van der Waals surface area (Å²) >= 11 is 0. The van der Waals surface area contributed by atoms with Crippen LogP contribution in [0, 0.1) is 12.7 Å². The molecule has 0 radical (unpaired) electrons. The Kier molecular flexibility index (Phi) is 7.42. The number of nitrogens with one attached hydrogen (secondary N) is 2. The SMILES string of the molecule is Cc1nc2c(F)cc(NC(=O)c3ccc(N4C[C@H](C)N[C@@H](C)C4)c4cnc(OCCOC(F)(F)F)nc34)cn2n1. The number of alkyl halides is 3. The number of carbonyl (C=O) groups excluding carboxylic acids is 1. The molecule has 11 nitrogen and oxygen atoms in total. The lowest BCUT2D eigenvalue weighted by Crippen LogP contribution is -2.54. The largest absolute Gasteiger partial charge is 0.522 e. The molecule has 1 aliphatic rings. The number of pyridine rings is 1. The van der Waals surface area contributed by atoms with Crippen LogP contribution in [-0.4, -0.2) is 75.2 Å². The summed E-state index contributed by atoms with van der Waals surface area (Å²) in [6.45, 7) is 5.89. The van der Waals surface area contributed by atoms with Crippen LogP contribution < -0.4 is 20.3 Å². The smallest absolute Gasteiger partial charge is 0.461 e. The van der Waals surface area contributed by atoms with Crippen LogP contribution in [0.15, 0.2) is 30.6 Å². The number of anilines is 2. The van der Waals surface area contributed by atoms with Crippen molar-refractivity contribution in [2.24, 2.45) is 0 Å². The second kappa shape index (κ2) is 10.8. The van der Waals surface area contributed by atoms with E-state index in [2.05, 4.69) is 54.2 Å². The highest BCUT2D eigenvalue weighted by atomic mass is 19.4. The molecule has 0 aliphatic carbocycles. The molecule has 3 aromatic heterocycles. The first-order valence-corrected chi connectivity index (χ1v) is 12.4. The number of benzene rings is 1. The van der Waals surface area contributed by atoms with Crippen molar-refractivity contribution in [3.05, 3.63) is 47.8 Å². The van der Waals surface area contributed by atoms with Crippen LogP contribution in [-0.2, 0) is 4.74 Å². The molecule has 1 saturated heterocycles. The van der Waals surface area contributed by atoms with Crippen molar-refractivity contribution in [2.75, 3.05) is 36.5 Å². The van der Waals surface area contributed by atoms with Crippen LogP contribution in [0.5, 0.6) is 6.01 Å². The van der Waals surface area contributed by atoms with Crippen molar-refractivity contribution >= 4 is 33.8 Å². The molecule has 1 aromatic carbocycles. The fourth-order valence-electron chi connectivity index (χ4n) is 4.75. The Morgan fingerprint density at radius 2 is 1.93 bits per heavy atom. The van der Waals surface area contributed by atoms with Crippen LogP contribution in [0.3, 0.4) is 0 Å². The third-order valence-corrected chi connectivity index (χ3v) is 6.18. The van der Waals surface area contributed by atoms with Gasteiger partial charge in [0.25, 0.3) is 5.91 Å². The van der Waals surface area contributed by atoms with Gasteiger partial charge in [-0.1, -0.05) is 0 Å². The monoisotopic (exact) mass is 562 g/mol. The molecule has 2 N–H and O–H groups in total. The van der Waals surface area contributed by atoms with Crippen molar-refractivity contribution in [1.29, 1.82) is 0 Å². The van der Waals surface area contributed by atoms with E-state index < -0.39 is 31.3 Å². The lowest BCUT2D eigenvalue weighted by Gasteiger charge is -2.38. The maximum absolute atomic E-state index is 14.6. The summed E-state index contributed by atoms with van der Waals surface area (Å²) in [6.07, 6.45) is -1.89. The van der Waals surface area contributed by atoms with Gasteiger partial charge in [0.2, 0.25) is 0 Å². The van der Waals surface area contributed by atoms with Crippen molar-refractivity contribution in [2.45, 2.75) is 39.2 Å². The summed E-state index contributed by atoms with van der Waals surface area (Å²) in [4.78, 5) is 28.1. The summed E-state index contributed by atoms with van der Waals surface area (Å²) in [7, 11) is 0. The van der Waals surface area contributed by atoms with Crippen molar-refractivity contribution in [3.8, 4) is 6.01 Å². The van der Waals surface area contributed by atoms with Crippen LogP contribution in [0.4, 0.5) is 28.9 Å². The van der Waals surface area contributed by atoms with Gasteiger partial charge in [-0.25, -0.2) is 18.9 Å². The van der Waals surface area contributed by atoms with E-state index in [1.54, 1.807) is 19.1 Å². The van der Waals surface area contributed by atoms with Crippen LogP contribution in [0.1, 0.15) is 30.0 Å². The molecular weight excluding hydrogens is 536 g/mol. The Morgan fingerprint density at radius 3 is 2.65 bits per heavy atom. The number of fused-ring (bicyclic) bond motifs is 2. The third kappa shape index (κ3) is 6.04. The van der Waals surface area contributed by atoms with E-state index in [0.717, 1.165) is 11.8 Å². The normalized spacial score (nSPS) is 17.9. The van der Waals surface area contributed by atoms with Crippen molar-refractivity contribution in [1.82, 2.24) is 29.9 Å². The summed E-state index contributed by atoms with van der Waals surface area (Å²) in [5.74, 6) is -0.899. The van der Waals surface area contributed by atoms with Gasteiger partial charge in [0.05, 0.1) is 29.6 Å². The number of ether oxygens (including phenoxy) is 2. The first kappa shape index (κ1) is 27.5. The van der Waals surface area contributed by atoms with E-state index >= 15 is 0 Å². The molecule has 0 bridgehead atoms. The second-order valence-corrected chi connectivity index (χ2v) is 9.52. The molecule has 5 rings (SSSR count). The highest BCUT2D eigenvalue weighted by Gasteiger charge is 2.29. The van der Waals surface area contributed by atoms with Crippen LogP contribution in [0.25, 0.3) is 16.6 Å². The minimum absolute atomic E-state index is 0.0220. The number of hydrogen-bond donors (Lipinski definition) is 2. The van der Waals surface area contributed by atoms with Gasteiger partial charge in [-0.15, -0.1) is 13.2 Å². The number of rotatable bonds is 7. The number of aromatic nitrogens is 5. The number of halogens is 4. The molecule has 1 aliphatic heterocycles. The maximum Gasteiger partial charge on any atom is 0.522 e. The lowest BCUT2D eigenvalue weighted by atomic mass is 10.0. The zero-order chi connectivity index (χ0) is 28.6. The first-order chi connectivity index (χ1) is 19.0. The Balaban J connectivity index is 1.48. The average Bonchev–Trinajstić information content (AvgIpc) is 3.25. The van der Waals surface area contributed by atoms with Gasteiger partial charge in [-0.05, 0) is 32.9 Å². The fourth-order valence-corrected chi connectivity index (χ4v) is 4.75. The average molecular weight is 563 g/mol. The number of carbonyl (C=O) groups is 1. The Morgan fingerprint density at radius 1 is 1.18 bits per heavy atom.